The van der Waals surface area contributed by atoms with E-state index in [4.69, 9.17) is 9.47 Å². The van der Waals surface area contributed by atoms with Crippen LogP contribution in [0.1, 0.15) is 31.7 Å². The zero-order chi connectivity index (χ0) is 19.1. The molecule has 2 rings (SSSR count). The summed E-state index contributed by atoms with van der Waals surface area (Å²) in [5, 5.41) is 16.8. The van der Waals surface area contributed by atoms with Gasteiger partial charge < -0.3 is 14.6 Å². The molecular formula is C17H20BrN3O4S. The SMILES string of the molecule is CCCc1nc(S/C(=C\c2cc(Br)c(OCC)c(OC)c2)C(=O)O)n[nH]1. The number of rotatable bonds is 9. The summed E-state index contributed by atoms with van der Waals surface area (Å²) in [6.45, 7) is 4.41. The highest BCUT2D eigenvalue weighted by molar-refractivity contribution is 9.10. The first-order chi connectivity index (χ1) is 12.5. The van der Waals surface area contributed by atoms with Gasteiger partial charge in [-0.1, -0.05) is 6.92 Å². The van der Waals surface area contributed by atoms with Crippen LogP contribution in [0.5, 0.6) is 11.5 Å². The van der Waals surface area contributed by atoms with Gasteiger partial charge in [-0.25, -0.2) is 9.78 Å². The van der Waals surface area contributed by atoms with Crippen molar-refractivity contribution >= 4 is 39.7 Å². The smallest absolute Gasteiger partial charge is 0.342 e. The Morgan fingerprint density at radius 2 is 2.19 bits per heavy atom. The van der Waals surface area contributed by atoms with Crippen LogP contribution in [0.25, 0.3) is 6.08 Å². The van der Waals surface area contributed by atoms with E-state index < -0.39 is 5.97 Å². The van der Waals surface area contributed by atoms with Crippen molar-refractivity contribution in [1.29, 1.82) is 0 Å². The van der Waals surface area contributed by atoms with Crippen LogP contribution in [-0.2, 0) is 11.2 Å². The number of carboxylic acids is 1. The van der Waals surface area contributed by atoms with E-state index in [9.17, 15) is 9.90 Å². The van der Waals surface area contributed by atoms with Gasteiger partial charge in [0.25, 0.3) is 0 Å². The zero-order valence-corrected chi connectivity index (χ0v) is 17.1. The highest BCUT2D eigenvalue weighted by Crippen LogP contribution is 2.38. The Morgan fingerprint density at radius 3 is 2.81 bits per heavy atom. The summed E-state index contributed by atoms with van der Waals surface area (Å²) in [6, 6.07) is 3.50. The van der Waals surface area contributed by atoms with Crippen LogP contribution in [0.4, 0.5) is 0 Å². The van der Waals surface area contributed by atoms with Crippen LogP contribution in [0.2, 0.25) is 0 Å². The monoisotopic (exact) mass is 441 g/mol. The molecule has 0 saturated carbocycles. The van der Waals surface area contributed by atoms with Gasteiger partial charge in [-0.3, -0.25) is 5.10 Å². The van der Waals surface area contributed by atoms with Crippen molar-refractivity contribution in [3.05, 3.63) is 32.9 Å². The average molecular weight is 442 g/mol. The Labute approximate surface area is 164 Å². The molecule has 1 aromatic heterocycles. The van der Waals surface area contributed by atoms with Crippen molar-refractivity contribution in [2.75, 3.05) is 13.7 Å². The molecule has 7 nitrogen and oxygen atoms in total. The maximum Gasteiger partial charge on any atom is 0.342 e. The number of ether oxygens (including phenoxy) is 2. The molecule has 0 amide bonds. The molecule has 0 saturated heterocycles. The van der Waals surface area contributed by atoms with Crippen LogP contribution in [0.15, 0.2) is 26.7 Å². The first-order valence-corrected chi connectivity index (χ1v) is 9.63. The summed E-state index contributed by atoms with van der Waals surface area (Å²) in [5.74, 6) is 0.784. The number of aryl methyl sites for hydroxylation is 1. The van der Waals surface area contributed by atoms with Crippen molar-refractivity contribution in [2.45, 2.75) is 31.8 Å². The molecule has 0 unspecified atom stereocenters. The van der Waals surface area contributed by atoms with Gasteiger partial charge in [0.15, 0.2) is 11.5 Å². The lowest BCUT2D eigenvalue weighted by Gasteiger charge is -2.12. The fraction of sp³-hybridized carbons (Fsp3) is 0.353. The lowest BCUT2D eigenvalue weighted by atomic mass is 10.2. The molecule has 0 aliphatic rings. The number of nitrogens with zero attached hydrogens (tertiary/aromatic N) is 2. The second-order valence-corrected chi connectivity index (χ2v) is 7.06. The Morgan fingerprint density at radius 1 is 1.42 bits per heavy atom. The highest BCUT2D eigenvalue weighted by Gasteiger charge is 2.16. The quantitative estimate of drug-likeness (QED) is 0.445. The molecule has 0 aliphatic carbocycles. The summed E-state index contributed by atoms with van der Waals surface area (Å²) < 4.78 is 11.6. The van der Waals surface area contributed by atoms with Gasteiger partial charge in [0, 0.05) is 6.42 Å². The molecule has 9 heteroatoms. The van der Waals surface area contributed by atoms with Gasteiger partial charge >= 0.3 is 5.97 Å². The zero-order valence-electron chi connectivity index (χ0n) is 14.7. The summed E-state index contributed by atoms with van der Waals surface area (Å²) in [6.07, 6.45) is 3.25. The first kappa shape index (κ1) is 20.3. The summed E-state index contributed by atoms with van der Waals surface area (Å²) in [7, 11) is 1.54. The Bertz CT molecular complexity index is 807. The normalized spacial score (nSPS) is 11.5. The number of aliphatic carboxylic acids is 1. The van der Waals surface area contributed by atoms with Gasteiger partial charge in [-0.2, -0.15) is 0 Å². The van der Waals surface area contributed by atoms with Gasteiger partial charge in [-0.15, -0.1) is 5.10 Å². The molecule has 2 N–H and O–H groups in total. The predicted molar refractivity (Wildman–Crippen MR) is 104 cm³/mol. The molecule has 0 spiro atoms. The summed E-state index contributed by atoms with van der Waals surface area (Å²) >= 11 is 4.43. The fourth-order valence-corrected chi connectivity index (χ4v) is 3.46. The van der Waals surface area contributed by atoms with E-state index >= 15 is 0 Å². The lowest BCUT2D eigenvalue weighted by Crippen LogP contribution is -1.99. The van der Waals surface area contributed by atoms with Crippen molar-refractivity contribution in [3.63, 3.8) is 0 Å². The van der Waals surface area contributed by atoms with Crippen LogP contribution >= 0.6 is 27.7 Å². The third-order valence-corrected chi connectivity index (χ3v) is 4.71. The first-order valence-electron chi connectivity index (χ1n) is 8.02. The van der Waals surface area contributed by atoms with Crippen LogP contribution < -0.4 is 9.47 Å². The second-order valence-electron chi connectivity index (χ2n) is 5.20. The predicted octanol–water partition coefficient (Wildman–Crippen LogP) is 4.14. The van der Waals surface area contributed by atoms with Crippen LogP contribution in [0, 0.1) is 0 Å². The van der Waals surface area contributed by atoms with Crippen molar-refractivity contribution in [2.24, 2.45) is 0 Å². The van der Waals surface area contributed by atoms with E-state index in [0.29, 0.717) is 33.3 Å². The van der Waals surface area contributed by atoms with E-state index in [1.54, 1.807) is 18.2 Å². The van der Waals surface area contributed by atoms with Crippen molar-refractivity contribution < 1.29 is 19.4 Å². The van der Waals surface area contributed by atoms with E-state index in [0.717, 1.165) is 30.4 Å². The number of nitrogens with one attached hydrogen (secondary N) is 1. The van der Waals surface area contributed by atoms with Crippen LogP contribution in [0.3, 0.4) is 0 Å². The minimum Gasteiger partial charge on any atom is -0.493 e. The molecule has 140 valence electrons. The molecule has 0 fully saturated rings. The number of aromatic nitrogens is 3. The summed E-state index contributed by atoms with van der Waals surface area (Å²) in [5.41, 5.74) is 0.659. The standard InChI is InChI=1S/C17H20BrN3O4S/c1-4-6-14-19-17(21-20-14)26-13(16(22)23)9-10-7-11(18)15(25-5-2)12(8-10)24-3/h7-9H,4-6H2,1-3H3,(H,22,23)(H,19,20,21)/b13-9-. The highest BCUT2D eigenvalue weighted by atomic mass is 79.9. The molecule has 2 aromatic rings. The topological polar surface area (TPSA) is 97.3 Å². The Hall–Kier alpha value is -2.00. The minimum absolute atomic E-state index is 0.102. The molecule has 1 aromatic carbocycles. The number of hydrogen-bond donors (Lipinski definition) is 2. The lowest BCUT2D eigenvalue weighted by molar-refractivity contribution is -0.131. The third-order valence-electron chi connectivity index (χ3n) is 3.25. The number of halogens is 1. The van der Waals surface area contributed by atoms with Gasteiger partial charge in [0.2, 0.25) is 5.16 Å². The number of carboxylic acid groups (broad SMARTS) is 1. The van der Waals surface area contributed by atoms with E-state index in [1.165, 1.54) is 7.11 Å². The fourth-order valence-electron chi connectivity index (χ4n) is 2.16. The van der Waals surface area contributed by atoms with E-state index in [1.807, 2.05) is 13.8 Å². The van der Waals surface area contributed by atoms with Gasteiger partial charge in [-0.05, 0) is 64.8 Å². The van der Waals surface area contributed by atoms with Crippen molar-refractivity contribution in [3.8, 4) is 11.5 Å². The molecule has 0 atom stereocenters. The van der Waals surface area contributed by atoms with Gasteiger partial charge in [0.05, 0.1) is 18.2 Å². The molecule has 1 heterocycles. The molecule has 0 aliphatic heterocycles. The Balaban J connectivity index is 2.32. The molecule has 26 heavy (non-hydrogen) atoms. The van der Waals surface area contributed by atoms with Crippen molar-refractivity contribution in [1.82, 2.24) is 15.2 Å². The molecule has 0 bridgehead atoms. The average Bonchev–Trinajstić information content (AvgIpc) is 3.04. The number of aromatic amines is 1. The number of methoxy groups -OCH3 is 1. The van der Waals surface area contributed by atoms with Gasteiger partial charge in [0.1, 0.15) is 10.7 Å². The third kappa shape index (κ3) is 5.25. The number of H-pyrrole nitrogens is 1. The minimum atomic E-state index is -1.05. The maximum absolute atomic E-state index is 11.6. The van der Waals surface area contributed by atoms with E-state index in [-0.39, 0.29) is 4.91 Å². The number of hydrogen-bond acceptors (Lipinski definition) is 6. The second kappa shape index (κ2) is 9.63. The van der Waals surface area contributed by atoms with E-state index in [2.05, 4.69) is 31.1 Å². The number of thioether (sulfide) groups is 1. The van der Waals surface area contributed by atoms with Crippen LogP contribution in [-0.4, -0.2) is 40.0 Å². The number of benzene rings is 1. The largest absolute Gasteiger partial charge is 0.493 e. The summed E-state index contributed by atoms with van der Waals surface area (Å²) in [4.78, 5) is 16.0. The Kier molecular flexibility index (Phi) is 7.52. The maximum atomic E-state index is 11.6. The number of carbonyl (C=O) groups is 1. The molecule has 0 radical (unpaired) electrons. The molecular weight excluding hydrogens is 422 g/mol.